The first kappa shape index (κ1) is 11.7. The smallest absolute Gasteiger partial charge is 0.221 e. The number of rotatable bonds is 2. The highest BCUT2D eigenvalue weighted by molar-refractivity contribution is 5.88. The molecule has 0 heterocycles. The molecule has 0 spiro atoms. The summed E-state index contributed by atoms with van der Waals surface area (Å²) in [6, 6.07) is 7.87. The summed E-state index contributed by atoms with van der Waals surface area (Å²) in [4.78, 5) is 10.7. The van der Waals surface area contributed by atoms with Crippen molar-refractivity contribution in [3.05, 3.63) is 29.8 Å². The summed E-state index contributed by atoms with van der Waals surface area (Å²) >= 11 is 0. The first-order chi connectivity index (χ1) is 5.72. The van der Waals surface area contributed by atoms with Gasteiger partial charge in [-0.25, -0.2) is 0 Å². The first-order valence-corrected chi connectivity index (χ1v) is 4.09. The maximum absolute atomic E-state index is 10.7. The van der Waals surface area contributed by atoms with Gasteiger partial charge in [-0.2, -0.15) is 0 Å². The second kappa shape index (κ2) is 5.36. The quantitative estimate of drug-likeness (QED) is 0.743. The molecule has 0 unspecified atom stereocenters. The van der Waals surface area contributed by atoms with E-state index >= 15 is 0 Å². The highest BCUT2D eigenvalue weighted by Gasteiger charge is 1.93. The van der Waals surface area contributed by atoms with Gasteiger partial charge in [0.05, 0.1) is 0 Å². The van der Waals surface area contributed by atoms with Crippen molar-refractivity contribution >= 4 is 11.6 Å². The van der Waals surface area contributed by atoms with Gasteiger partial charge < -0.3 is 5.32 Å². The van der Waals surface area contributed by atoms with Crippen molar-refractivity contribution in [2.24, 2.45) is 0 Å². The molecule has 13 heavy (non-hydrogen) atoms. The van der Waals surface area contributed by atoms with Crippen molar-refractivity contribution in [2.75, 3.05) is 5.32 Å². The van der Waals surface area contributed by atoms with Gasteiger partial charge in [0.2, 0.25) is 5.91 Å². The van der Waals surface area contributed by atoms with Crippen molar-refractivity contribution in [3.8, 4) is 0 Å². The van der Waals surface area contributed by atoms with E-state index in [1.165, 1.54) is 12.5 Å². The second-order valence-corrected chi connectivity index (χ2v) is 2.73. The molecule has 2 heteroatoms. The van der Waals surface area contributed by atoms with Gasteiger partial charge >= 0.3 is 0 Å². The van der Waals surface area contributed by atoms with Crippen LogP contribution in [0.5, 0.6) is 0 Å². The van der Waals surface area contributed by atoms with E-state index in [2.05, 4.69) is 12.2 Å². The van der Waals surface area contributed by atoms with Crippen molar-refractivity contribution in [3.63, 3.8) is 0 Å². The highest BCUT2D eigenvalue weighted by Crippen LogP contribution is 2.09. The minimum absolute atomic E-state index is 0. The normalized spacial score (nSPS) is 8.77. The van der Waals surface area contributed by atoms with Crippen LogP contribution in [0.25, 0.3) is 0 Å². The summed E-state index contributed by atoms with van der Waals surface area (Å²) < 4.78 is 0. The summed E-state index contributed by atoms with van der Waals surface area (Å²) in [5, 5.41) is 2.72. The van der Waals surface area contributed by atoms with Crippen LogP contribution in [0.4, 0.5) is 5.69 Å². The van der Waals surface area contributed by atoms with E-state index in [1.807, 2.05) is 24.3 Å². The van der Waals surface area contributed by atoms with Crippen molar-refractivity contribution in [2.45, 2.75) is 27.7 Å². The lowest BCUT2D eigenvalue weighted by Gasteiger charge is -2.01. The number of carbonyl (C=O) groups excluding carboxylic acids is 1. The average molecular weight is 179 g/mol. The molecule has 0 aliphatic rings. The maximum atomic E-state index is 10.7. The number of hydrogen-bond donors (Lipinski definition) is 1. The SMILES string of the molecule is C.CCc1ccc(NC(C)=O)cc1. The molecule has 1 aromatic carbocycles. The third-order valence-corrected chi connectivity index (χ3v) is 1.68. The minimum atomic E-state index is -0.0285. The number of amides is 1. The third-order valence-electron chi connectivity index (χ3n) is 1.68. The molecule has 0 bridgehead atoms. The lowest BCUT2D eigenvalue weighted by Crippen LogP contribution is -2.05. The summed E-state index contributed by atoms with van der Waals surface area (Å²) in [5.74, 6) is -0.0285. The van der Waals surface area contributed by atoms with E-state index in [4.69, 9.17) is 0 Å². The van der Waals surface area contributed by atoms with Gasteiger partial charge in [-0.05, 0) is 24.1 Å². The predicted octanol–water partition coefficient (Wildman–Crippen LogP) is 2.84. The Hall–Kier alpha value is -1.31. The molecule has 1 amide bonds. The molecule has 72 valence electrons. The van der Waals surface area contributed by atoms with Gasteiger partial charge in [-0.1, -0.05) is 26.5 Å². The molecule has 2 nitrogen and oxygen atoms in total. The monoisotopic (exact) mass is 179 g/mol. The number of benzene rings is 1. The Balaban J connectivity index is 0.00000144. The maximum Gasteiger partial charge on any atom is 0.221 e. The highest BCUT2D eigenvalue weighted by atomic mass is 16.1. The number of nitrogens with one attached hydrogen (secondary N) is 1. The summed E-state index contributed by atoms with van der Waals surface area (Å²) in [6.45, 7) is 3.61. The molecule has 0 aliphatic heterocycles. The molecule has 0 atom stereocenters. The zero-order valence-corrected chi connectivity index (χ0v) is 7.42. The number of carbonyl (C=O) groups is 1. The Bertz CT molecular complexity index is 264. The van der Waals surface area contributed by atoms with Gasteiger partial charge in [0.1, 0.15) is 0 Å². The zero-order chi connectivity index (χ0) is 8.97. The van der Waals surface area contributed by atoms with Crippen LogP contribution < -0.4 is 5.32 Å². The summed E-state index contributed by atoms with van der Waals surface area (Å²) in [5.41, 5.74) is 2.14. The number of anilines is 1. The van der Waals surface area contributed by atoms with E-state index in [1.54, 1.807) is 0 Å². The fourth-order valence-corrected chi connectivity index (χ4v) is 1.03. The van der Waals surface area contributed by atoms with Gasteiger partial charge in [-0.15, -0.1) is 0 Å². The topological polar surface area (TPSA) is 29.1 Å². The van der Waals surface area contributed by atoms with E-state index < -0.39 is 0 Å². The van der Waals surface area contributed by atoms with Crippen LogP contribution in [-0.2, 0) is 11.2 Å². The first-order valence-electron chi connectivity index (χ1n) is 4.09. The van der Waals surface area contributed by atoms with E-state index in [-0.39, 0.29) is 13.3 Å². The fourth-order valence-electron chi connectivity index (χ4n) is 1.03. The molecule has 0 aromatic heterocycles. The Morgan fingerprint density at radius 1 is 1.31 bits per heavy atom. The largest absolute Gasteiger partial charge is 0.326 e. The molecule has 0 saturated heterocycles. The Labute approximate surface area is 80.0 Å². The zero-order valence-electron chi connectivity index (χ0n) is 7.42. The molecule has 0 aliphatic carbocycles. The van der Waals surface area contributed by atoms with Gasteiger partial charge in [0.25, 0.3) is 0 Å². The lowest BCUT2D eigenvalue weighted by atomic mass is 10.1. The van der Waals surface area contributed by atoms with Crippen LogP contribution in [-0.4, -0.2) is 5.91 Å². The van der Waals surface area contributed by atoms with E-state index in [9.17, 15) is 4.79 Å². The van der Waals surface area contributed by atoms with Crippen molar-refractivity contribution < 1.29 is 4.79 Å². The predicted molar refractivity (Wildman–Crippen MR) is 56.9 cm³/mol. The van der Waals surface area contributed by atoms with Crippen molar-refractivity contribution in [1.82, 2.24) is 0 Å². The van der Waals surface area contributed by atoms with Gasteiger partial charge in [0.15, 0.2) is 0 Å². The standard InChI is InChI=1S/C10H13NO.CH4/c1-3-9-4-6-10(7-5-9)11-8(2)12;/h4-7H,3H2,1-2H3,(H,11,12);1H4. The molecule has 1 rings (SSSR count). The lowest BCUT2D eigenvalue weighted by molar-refractivity contribution is -0.114. The summed E-state index contributed by atoms with van der Waals surface area (Å²) in [7, 11) is 0. The van der Waals surface area contributed by atoms with Gasteiger partial charge in [0, 0.05) is 12.6 Å². The van der Waals surface area contributed by atoms with Crippen molar-refractivity contribution in [1.29, 1.82) is 0 Å². The number of hydrogen-bond acceptors (Lipinski definition) is 1. The Kier molecular flexibility index (Phi) is 4.82. The minimum Gasteiger partial charge on any atom is -0.326 e. The molecule has 1 N–H and O–H groups in total. The molecular formula is C11H17NO. The van der Waals surface area contributed by atoms with E-state index in [0.717, 1.165) is 12.1 Å². The fraction of sp³-hybridized carbons (Fsp3) is 0.364. The molecule has 0 radical (unpaired) electrons. The summed E-state index contributed by atoms with van der Waals surface area (Å²) in [6.07, 6.45) is 1.03. The van der Waals surface area contributed by atoms with Crippen LogP contribution in [0.1, 0.15) is 26.8 Å². The Morgan fingerprint density at radius 3 is 2.23 bits per heavy atom. The molecule has 1 aromatic rings. The molecular weight excluding hydrogens is 162 g/mol. The second-order valence-electron chi connectivity index (χ2n) is 2.73. The molecule has 0 fully saturated rings. The van der Waals surface area contributed by atoms with Crippen LogP contribution in [0, 0.1) is 0 Å². The average Bonchev–Trinajstić information content (AvgIpc) is 2.05. The van der Waals surface area contributed by atoms with E-state index in [0.29, 0.717) is 0 Å². The number of aryl methyl sites for hydroxylation is 1. The molecule has 0 saturated carbocycles. The Morgan fingerprint density at radius 2 is 1.85 bits per heavy atom. The van der Waals surface area contributed by atoms with Crippen LogP contribution in [0.15, 0.2) is 24.3 Å². The van der Waals surface area contributed by atoms with Gasteiger partial charge in [-0.3, -0.25) is 4.79 Å². The van der Waals surface area contributed by atoms with Crippen LogP contribution >= 0.6 is 0 Å². The van der Waals surface area contributed by atoms with Crippen LogP contribution in [0.3, 0.4) is 0 Å². The third kappa shape index (κ3) is 3.74. The van der Waals surface area contributed by atoms with Crippen LogP contribution in [0.2, 0.25) is 0 Å².